The van der Waals surface area contributed by atoms with Gasteiger partial charge in [0.15, 0.2) is 5.82 Å². The van der Waals surface area contributed by atoms with Crippen molar-refractivity contribution in [2.24, 2.45) is 0 Å². The molecule has 0 N–H and O–H groups in total. The molecular formula is C16H17Cl2N3O. The van der Waals surface area contributed by atoms with Gasteiger partial charge in [-0.25, -0.2) is 0 Å². The van der Waals surface area contributed by atoms with Crippen molar-refractivity contribution >= 4 is 29.0 Å². The number of hydrogen-bond acceptors (Lipinski definition) is 4. The van der Waals surface area contributed by atoms with Gasteiger partial charge in [-0.15, -0.1) is 10.2 Å². The Morgan fingerprint density at radius 1 is 1.05 bits per heavy atom. The van der Waals surface area contributed by atoms with Crippen LogP contribution >= 0.6 is 23.2 Å². The van der Waals surface area contributed by atoms with E-state index in [9.17, 15) is 0 Å². The Morgan fingerprint density at radius 3 is 2.41 bits per heavy atom. The van der Waals surface area contributed by atoms with Crippen molar-refractivity contribution in [2.75, 3.05) is 18.0 Å². The quantitative estimate of drug-likeness (QED) is 0.828. The Kier molecular flexibility index (Phi) is 4.52. The minimum absolute atomic E-state index is 0.188. The van der Waals surface area contributed by atoms with Crippen LogP contribution in [0, 0.1) is 0 Å². The van der Waals surface area contributed by atoms with E-state index in [4.69, 9.17) is 27.9 Å². The summed E-state index contributed by atoms with van der Waals surface area (Å²) in [5.41, 5.74) is 1.50. The lowest BCUT2D eigenvalue weighted by Crippen LogP contribution is -2.45. The highest BCUT2D eigenvalue weighted by Gasteiger charge is 2.23. The van der Waals surface area contributed by atoms with E-state index in [0.717, 1.165) is 24.5 Å². The molecule has 1 saturated heterocycles. The first-order chi connectivity index (χ1) is 10.5. The fourth-order valence-electron chi connectivity index (χ4n) is 2.70. The van der Waals surface area contributed by atoms with Crippen molar-refractivity contribution in [2.45, 2.75) is 26.1 Å². The molecule has 0 amide bonds. The van der Waals surface area contributed by atoms with Gasteiger partial charge >= 0.3 is 0 Å². The fourth-order valence-corrected chi connectivity index (χ4v) is 3.10. The maximum absolute atomic E-state index is 6.23. The number of ether oxygens (including phenoxy) is 1. The van der Waals surface area contributed by atoms with Gasteiger partial charge in [-0.1, -0.05) is 35.3 Å². The number of aromatic nitrogens is 2. The van der Waals surface area contributed by atoms with Crippen molar-refractivity contribution in [1.29, 1.82) is 0 Å². The molecule has 0 radical (unpaired) electrons. The summed E-state index contributed by atoms with van der Waals surface area (Å²) in [6, 6.07) is 9.38. The normalized spacial score (nSPS) is 21.9. The van der Waals surface area contributed by atoms with Crippen molar-refractivity contribution in [3.05, 3.63) is 40.4 Å². The average molecular weight is 338 g/mol. The van der Waals surface area contributed by atoms with Crippen LogP contribution in [0.4, 0.5) is 5.82 Å². The zero-order valence-electron chi connectivity index (χ0n) is 12.5. The van der Waals surface area contributed by atoms with E-state index in [1.165, 1.54) is 0 Å². The summed E-state index contributed by atoms with van der Waals surface area (Å²) in [6.45, 7) is 5.76. The SMILES string of the molecule is CC1CN(c2ccc(-c3cccc(Cl)c3Cl)nn2)CC(C)O1. The molecule has 1 fully saturated rings. The Bertz CT molecular complexity index is 653. The Hall–Kier alpha value is -1.36. The summed E-state index contributed by atoms with van der Waals surface area (Å²) < 4.78 is 5.74. The number of rotatable bonds is 2. The van der Waals surface area contributed by atoms with Gasteiger partial charge in [-0.05, 0) is 32.0 Å². The molecule has 0 bridgehead atoms. The summed E-state index contributed by atoms with van der Waals surface area (Å²) in [6.07, 6.45) is 0.375. The van der Waals surface area contributed by atoms with E-state index in [1.807, 2.05) is 24.3 Å². The van der Waals surface area contributed by atoms with E-state index < -0.39 is 0 Å². The average Bonchev–Trinajstić information content (AvgIpc) is 2.49. The zero-order chi connectivity index (χ0) is 15.7. The van der Waals surface area contributed by atoms with Gasteiger partial charge < -0.3 is 9.64 Å². The standard InChI is InChI=1S/C16H17Cl2N3O/c1-10-8-21(9-11(2)22-10)15-7-6-14(19-20-15)12-4-3-5-13(17)16(12)18/h3-7,10-11H,8-9H2,1-2H3. The van der Waals surface area contributed by atoms with Crippen molar-refractivity contribution in [1.82, 2.24) is 10.2 Å². The zero-order valence-corrected chi connectivity index (χ0v) is 14.0. The van der Waals surface area contributed by atoms with Gasteiger partial charge in [0.05, 0.1) is 27.9 Å². The van der Waals surface area contributed by atoms with Crippen LogP contribution in [-0.4, -0.2) is 35.5 Å². The highest BCUT2D eigenvalue weighted by atomic mass is 35.5. The molecule has 1 aliphatic rings. The van der Waals surface area contributed by atoms with Crippen LogP contribution < -0.4 is 4.90 Å². The highest BCUT2D eigenvalue weighted by molar-refractivity contribution is 6.43. The summed E-state index contributed by atoms with van der Waals surface area (Å²) in [5.74, 6) is 0.851. The molecule has 2 aromatic rings. The number of halogens is 2. The molecule has 3 rings (SSSR count). The number of morpholine rings is 1. The van der Waals surface area contributed by atoms with Gasteiger partial charge in [-0.3, -0.25) is 0 Å². The van der Waals surface area contributed by atoms with Crippen LogP contribution in [0.15, 0.2) is 30.3 Å². The molecule has 2 heterocycles. The summed E-state index contributed by atoms with van der Waals surface area (Å²) in [7, 11) is 0. The first-order valence-corrected chi connectivity index (χ1v) is 7.98. The molecular weight excluding hydrogens is 321 g/mol. The van der Waals surface area contributed by atoms with Gasteiger partial charge in [-0.2, -0.15) is 0 Å². The van der Waals surface area contributed by atoms with E-state index in [-0.39, 0.29) is 12.2 Å². The minimum Gasteiger partial charge on any atom is -0.372 e. The fraction of sp³-hybridized carbons (Fsp3) is 0.375. The number of nitrogens with zero attached hydrogens (tertiary/aromatic N) is 3. The number of hydrogen-bond donors (Lipinski definition) is 0. The summed E-state index contributed by atoms with van der Waals surface area (Å²) in [4.78, 5) is 2.19. The largest absolute Gasteiger partial charge is 0.372 e. The van der Waals surface area contributed by atoms with Crippen molar-refractivity contribution in [3.63, 3.8) is 0 Å². The molecule has 2 unspecified atom stereocenters. The lowest BCUT2D eigenvalue weighted by atomic mass is 10.1. The number of benzene rings is 1. The lowest BCUT2D eigenvalue weighted by Gasteiger charge is -2.35. The topological polar surface area (TPSA) is 38.2 Å². The van der Waals surface area contributed by atoms with Crippen LogP contribution in [0.3, 0.4) is 0 Å². The molecule has 116 valence electrons. The molecule has 0 spiro atoms. The maximum Gasteiger partial charge on any atom is 0.151 e. The van der Waals surface area contributed by atoms with Crippen LogP contribution in [0.1, 0.15) is 13.8 Å². The first-order valence-electron chi connectivity index (χ1n) is 7.23. The Balaban J connectivity index is 1.85. The maximum atomic E-state index is 6.23. The Morgan fingerprint density at radius 2 is 1.77 bits per heavy atom. The molecule has 1 aromatic heterocycles. The molecule has 6 heteroatoms. The Labute approximate surface area is 140 Å². The number of anilines is 1. The molecule has 22 heavy (non-hydrogen) atoms. The highest BCUT2D eigenvalue weighted by Crippen LogP contribution is 2.32. The predicted molar refractivity (Wildman–Crippen MR) is 89.7 cm³/mol. The monoisotopic (exact) mass is 337 g/mol. The van der Waals surface area contributed by atoms with Crippen LogP contribution in [0.2, 0.25) is 10.0 Å². The second kappa shape index (κ2) is 6.41. The predicted octanol–water partition coefficient (Wildman–Crippen LogP) is 4.06. The van der Waals surface area contributed by atoms with Gasteiger partial charge in [0.2, 0.25) is 0 Å². The summed E-state index contributed by atoms with van der Waals surface area (Å²) >= 11 is 12.3. The van der Waals surface area contributed by atoms with E-state index in [2.05, 4.69) is 28.9 Å². The molecule has 4 nitrogen and oxygen atoms in total. The first kappa shape index (κ1) is 15.5. The van der Waals surface area contributed by atoms with Crippen LogP contribution in [0.5, 0.6) is 0 Å². The van der Waals surface area contributed by atoms with E-state index in [0.29, 0.717) is 15.7 Å². The molecule has 1 aromatic carbocycles. The van der Waals surface area contributed by atoms with Crippen LogP contribution in [-0.2, 0) is 4.74 Å². The van der Waals surface area contributed by atoms with Crippen LogP contribution in [0.25, 0.3) is 11.3 Å². The van der Waals surface area contributed by atoms with Gasteiger partial charge in [0.1, 0.15) is 0 Å². The van der Waals surface area contributed by atoms with Crippen molar-refractivity contribution in [3.8, 4) is 11.3 Å². The minimum atomic E-state index is 0.188. The van der Waals surface area contributed by atoms with Gasteiger partial charge in [0.25, 0.3) is 0 Å². The molecule has 1 aliphatic heterocycles. The van der Waals surface area contributed by atoms with Gasteiger partial charge in [0, 0.05) is 18.7 Å². The summed E-state index contributed by atoms with van der Waals surface area (Å²) in [5, 5.41) is 9.65. The molecule has 0 aliphatic carbocycles. The third-order valence-corrected chi connectivity index (χ3v) is 4.44. The second-order valence-electron chi connectivity index (χ2n) is 5.54. The molecule has 2 atom stereocenters. The van der Waals surface area contributed by atoms with E-state index >= 15 is 0 Å². The third-order valence-electron chi connectivity index (χ3n) is 3.62. The third kappa shape index (κ3) is 3.19. The van der Waals surface area contributed by atoms with Crippen molar-refractivity contribution < 1.29 is 4.74 Å². The smallest absolute Gasteiger partial charge is 0.151 e. The molecule has 0 saturated carbocycles. The van der Waals surface area contributed by atoms with E-state index in [1.54, 1.807) is 6.07 Å². The lowest BCUT2D eigenvalue weighted by molar-refractivity contribution is -0.00550. The second-order valence-corrected chi connectivity index (χ2v) is 6.33.